The van der Waals surface area contributed by atoms with Crippen LogP contribution in [0, 0.1) is 5.92 Å². The molecule has 7 heteroatoms. The summed E-state index contributed by atoms with van der Waals surface area (Å²) in [5.74, 6) is 1.81. The Morgan fingerprint density at radius 2 is 2.00 bits per heavy atom. The second-order valence-corrected chi connectivity index (χ2v) is 5.43. The summed E-state index contributed by atoms with van der Waals surface area (Å²) in [6, 6.07) is 9.66. The summed E-state index contributed by atoms with van der Waals surface area (Å²) in [5, 5.41) is 7.57. The van der Waals surface area contributed by atoms with Gasteiger partial charge < -0.3 is 15.8 Å². The molecule has 0 atom stereocenters. The van der Waals surface area contributed by atoms with Gasteiger partial charge in [0, 0.05) is 12.7 Å². The van der Waals surface area contributed by atoms with Crippen LogP contribution in [0.3, 0.4) is 0 Å². The first kappa shape index (κ1) is 19.3. The standard InChI is InChI=1S/C16H23N5O.HI/c1-12(2)10-18-16(17)19-11-13-8-9-21(20-13)14-4-6-15(22-3)7-5-14;/h4-9,12H,10-11H2,1-3H3,(H3,17,18,19);1H. The number of hydrogen-bond donors (Lipinski definition) is 2. The molecule has 0 aliphatic carbocycles. The van der Waals surface area contributed by atoms with Gasteiger partial charge in [-0.25, -0.2) is 9.67 Å². The summed E-state index contributed by atoms with van der Waals surface area (Å²) in [7, 11) is 1.65. The quantitative estimate of drug-likeness (QED) is 0.421. The molecule has 0 aliphatic rings. The van der Waals surface area contributed by atoms with Gasteiger partial charge in [-0.15, -0.1) is 24.0 Å². The minimum absolute atomic E-state index is 0. The van der Waals surface area contributed by atoms with E-state index in [9.17, 15) is 0 Å². The predicted molar refractivity (Wildman–Crippen MR) is 104 cm³/mol. The zero-order chi connectivity index (χ0) is 15.9. The normalized spacial score (nSPS) is 11.2. The van der Waals surface area contributed by atoms with Crippen molar-refractivity contribution >= 4 is 29.9 Å². The van der Waals surface area contributed by atoms with Gasteiger partial charge in [0.25, 0.3) is 0 Å². The lowest BCUT2D eigenvalue weighted by Crippen LogP contribution is -2.34. The van der Waals surface area contributed by atoms with E-state index in [4.69, 9.17) is 10.5 Å². The molecule has 0 fully saturated rings. The van der Waals surface area contributed by atoms with Gasteiger partial charge in [-0.3, -0.25) is 0 Å². The van der Waals surface area contributed by atoms with E-state index < -0.39 is 0 Å². The number of hydrogen-bond acceptors (Lipinski definition) is 3. The Kier molecular flexibility index (Phi) is 7.87. The molecule has 1 aromatic carbocycles. The Bertz CT molecular complexity index is 622. The summed E-state index contributed by atoms with van der Waals surface area (Å²) in [4.78, 5) is 4.29. The second kappa shape index (κ2) is 9.39. The van der Waals surface area contributed by atoms with E-state index in [0.717, 1.165) is 23.7 Å². The van der Waals surface area contributed by atoms with Crippen LogP contribution in [-0.4, -0.2) is 29.4 Å². The zero-order valence-electron chi connectivity index (χ0n) is 13.7. The first-order valence-electron chi connectivity index (χ1n) is 7.31. The van der Waals surface area contributed by atoms with Crippen molar-refractivity contribution in [3.05, 3.63) is 42.2 Å². The van der Waals surface area contributed by atoms with Gasteiger partial charge in [0.1, 0.15) is 5.75 Å². The average Bonchev–Trinajstić information content (AvgIpc) is 3.00. The van der Waals surface area contributed by atoms with Crippen molar-refractivity contribution in [2.24, 2.45) is 16.6 Å². The highest BCUT2D eigenvalue weighted by molar-refractivity contribution is 14.0. The Labute approximate surface area is 154 Å². The van der Waals surface area contributed by atoms with Crippen LogP contribution in [0.5, 0.6) is 5.75 Å². The molecule has 0 bridgehead atoms. The summed E-state index contributed by atoms with van der Waals surface area (Å²) >= 11 is 0. The molecule has 0 radical (unpaired) electrons. The molecule has 3 N–H and O–H groups in total. The fraction of sp³-hybridized carbons (Fsp3) is 0.375. The summed E-state index contributed by atoms with van der Waals surface area (Å²) in [6.45, 7) is 5.52. The van der Waals surface area contributed by atoms with Crippen LogP contribution in [0.1, 0.15) is 19.5 Å². The second-order valence-electron chi connectivity index (χ2n) is 5.43. The summed E-state index contributed by atoms with van der Waals surface area (Å²) in [5.41, 5.74) is 7.65. The predicted octanol–water partition coefficient (Wildman–Crippen LogP) is 2.56. The maximum atomic E-state index is 5.81. The van der Waals surface area contributed by atoms with Gasteiger partial charge in [-0.1, -0.05) is 13.8 Å². The number of methoxy groups -OCH3 is 1. The molecule has 0 saturated carbocycles. The largest absolute Gasteiger partial charge is 0.497 e. The number of aliphatic imine (C=N–C) groups is 1. The van der Waals surface area contributed by atoms with Gasteiger partial charge in [0.05, 0.1) is 25.0 Å². The highest BCUT2D eigenvalue weighted by Crippen LogP contribution is 2.14. The molecule has 0 amide bonds. The third-order valence-electron chi connectivity index (χ3n) is 3.08. The molecule has 0 spiro atoms. The maximum Gasteiger partial charge on any atom is 0.188 e. The number of ether oxygens (including phenoxy) is 1. The molecule has 0 aliphatic heterocycles. The number of guanidine groups is 1. The van der Waals surface area contributed by atoms with Crippen molar-refractivity contribution < 1.29 is 4.74 Å². The van der Waals surface area contributed by atoms with E-state index in [2.05, 4.69) is 29.3 Å². The van der Waals surface area contributed by atoms with Crippen LogP contribution in [0.2, 0.25) is 0 Å². The lowest BCUT2D eigenvalue weighted by Gasteiger charge is -2.07. The molecular weight excluding hydrogens is 405 g/mol. The average molecular weight is 429 g/mol. The van der Waals surface area contributed by atoms with Crippen LogP contribution in [0.25, 0.3) is 5.69 Å². The van der Waals surface area contributed by atoms with E-state index in [1.807, 2.05) is 41.2 Å². The molecule has 126 valence electrons. The van der Waals surface area contributed by atoms with Gasteiger partial charge >= 0.3 is 0 Å². The molecule has 0 saturated heterocycles. The summed E-state index contributed by atoms with van der Waals surface area (Å²) < 4.78 is 6.95. The Hall–Kier alpha value is -1.77. The fourth-order valence-corrected chi connectivity index (χ4v) is 1.86. The number of halogens is 1. The van der Waals surface area contributed by atoms with E-state index >= 15 is 0 Å². The van der Waals surface area contributed by atoms with Crippen molar-refractivity contribution in [2.45, 2.75) is 20.4 Å². The SMILES string of the molecule is COc1ccc(-n2ccc(CN=C(N)NCC(C)C)n2)cc1.I. The molecule has 1 heterocycles. The van der Waals surface area contributed by atoms with Gasteiger partial charge in [-0.2, -0.15) is 5.10 Å². The number of nitrogens with zero attached hydrogens (tertiary/aromatic N) is 3. The molecule has 6 nitrogen and oxygen atoms in total. The van der Waals surface area contributed by atoms with E-state index in [1.54, 1.807) is 7.11 Å². The smallest absolute Gasteiger partial charge is 0.188 e. The van der Waals surface area contributed by atoms with Crippen LogP contribution < -0.4 is 15.8 Å². The van der Waals surface area contributed by atoms with E-state index in [-0.39, 0.29) is 24.0 Å². The molecule has 2 rings (SSSR count). The number of nitrogens with two attached hydrogens (primary N) is 1. The maximum absolute atomic E-state index is 5.81. The minimum Gasteiger partial charge on any atom is -0.497 e. The van der Waals surface area contributed by atoms with Crippen molar-refractivity contribution in [1.29, 1.82) is 0 Å². The molecule has 2 aromatic rings. The van der Waals surface area contributed by atoms with Gasteiger partial charge in [0.2, 0.25) is 0 Å². The third-order valence-corrected chi connectivity index (χ3v) is 3.08. The lowest BCUT2D eigenvalue weighted by molar-refractivity contribution is 0.414. The lowest BCUT2D eigenvalue weighted by atomic mass is 10.2. The van der Waals surface area contributed by atoms with E-state index in [1.165, 1.54) is 0 Å². The number of rotatable bonds is 6. The highest BCUT2D eigenvalue weighted by atomic mass is 127. The monoisotopic (exact) mass is 429 g/mol. The van der Waals surface area contributed by atoms with Crippen molar-refractivity contribution in [2.75, 3.05) is 13.7 Å². The first-order valence-corrected chi connectivity index (χ1v) is 7.31. The van der Waals surface area contributed by atoms with Crippen LogP contribution >= 0.6 is 24.0 Å². The Morgan fingerprint density at radius 1 is 1.30 bits per heavy atom. The van der Waals surface area contributed by atoms with Crippen molar-refractivity contribution in [1.82, 2.24) is 15.1 Å². The Balaban J connectivity index is 0.00000264. The molecule has 1 aromatic heterocycles. The van der Waals surface area contributed by atoms with E-state index in [0.29, 0.717) is 18.4 Å². The number of nitrogens with one attached hydrogen (secondary N) is 1. The fourth-order valence-electron chi connectivity index (χ4n) is 1.86. The van der Waals surface area contributed by atoms with Crippen molar-refractivity contribution in [3.63, 3.8) is 0 Å². The van der Waals surface area contributed by atoms with Gasteiger partial charge in [0.15, 0.2) is 5.96 Å². The number of aromatic nitrogens is 2. The van der Waals surface area contributed by atoms with Crippen LogP contribution in [0.4, 0.5) is 0 Å². The van der Waals surface area contributed by atoms with Crippen LogP contribution in [0.15, 0.2) is 41.5 Å². The van der Waals surface area contributed by atoms with Crippen LogP contribution in [-0.2, 0) is 6.54 Å². The Morgan fingerprint density at radius 3 is 2.61 bits per heavy atom. The molecule has 0 unspecified atom stereocenters. The zero-order valence-corrected chi connectivity index (χ0v) is 16.0. The highest BCUT2D eigenvalue weighted by Gasteiger charge is 2.02. The van der Waals surface area contributed by atoms with Gasteiger partial charge in [-0.05, 0) is 36.2 Å². The number of benzene rings is 1. The van der Waals surface area contributed by atoms with Crippen molar-refractivity contribution in [3.8, 4) is 11.4 Å². The molecular formula is C16H24IN5O. The summed E-state index contributed by atoms with van der Waals surface area (Å²) in [6.07, 6.45) is 1.91. The first-order chi connectivity index (χ1) is 10.6. The molecule has 23 heavy (non-hydrogen) atoms. The third kappa shape index (κ3) is 6.09. The minimum atomic E-state index is 0. The topological polar surface area (TPSA) is 77.5 Å².